The predicted octanol–water partition coefficient (Wildman–Crippen LogP) is 2.90. The molecule has 2 rings (SSSR count). The zero-order chi connectivity index (χ0) is 11.5. The van der Waals surface area contributed by atoms with E-state index in [2.05, 4.69) is 37.4 Å². The van der Waals surface area contributed by atoms with E-state index in [-0.39, 0.29) is 0 Å². The van der Waals surface area contributed by atoms with Crippen LogP contribution in [0.15, 0.2) is 18.2 Å². The average Bonchev–Trinajstić information content (AvgIpc) is 2.81. The van der Waals surface area contributed by atoms with E-state index in [9.17, 15) is 0 Å². The van der Waals surface area contributed by atoms with E-state index in [4.69, 9.17) is 4.74 Å². The van der Waals surface area contributed by atoms with E-state index in [1.54, 1.807) is 7.11 Å². The van der Waals surface area contributed by atoms with Gasteiger partial charge in [0, 0.05) is 6.54 Å². The molecule has 1 aliphatic heterocycles. The predicted molar refractivity (Wildman–Crippen MR) is 67.3 cm³/mol. The number of rotatable bonds is 3. The smallest absolute Gasteiger partial charge is 0.119 e. The van der Waals surface area contributed by atoms with Crippen LogP contribution in [0.1, 0.15) is 43.2 Å². The van der Waals surface area contributed by atoms with E-state index >= 15 is 0 Å². The number of nitrogens with one attached hydrogen (secondary N) is 1. The van der Waals surface area contributed by atoms with Gasteiger partial charge in [-0.1, -0.05) is 19.9 Å². The fraction of sp³-hybridized carbons (Fsp3) is 0.571. The Morgan fingerprint density at radius 1 is 1.31 bits per heavy atom. The van der Waals surface area contributed by atoms with Crippen LogP contribution in [-0.2, 0) is 0 Å². The molecule has 0 spiro atoms. The van der Waals surface area contributed by atoms with Gasteiger partial charge in [0.2, 0.25) is 0 Å². The lowest BCUT2D eigenvalue weighted by molar-refractivity contribution is 0.413. The van der Waals surface area contributed by atoms with Gasteiger partial charge in [-0.2, -0.15) is 0 Å². The summed E-state index contributed by atoms with van der Waals surface area (Å²) in [5.74, 6) is 2.21. The second-order valence-corrected chi connectivity index (χ2v) is 4.88. The first-order valence-electron chi connectivity index (χ1n) is 6.10. The second kappa shape index (κ2) is 4.88. The minimum absolute atomic E-state index is 0.559. The molecule has 1 atom stereocenters. The SMILES string of the molecule is COc1cc(C(C)C)cc(C2CCNC2)c1. The zero-order valence-corrected chi connectivity index (χ0v) is 10.4. The normalized spacial score (nSPS) is 20.4. The van der Waals surface area contributed by atoms with Crippen molar-refractivity contribution in [3.63, 3.8) is 0 Å². The van der Waals surface area contributed by atoms with Crippen molar-refractivity contribution in [3.8, 4) is 5.75 Å². The molecule has 88 valence electrons. The summed E-state index contributed by atoms with van der Waals surface area (Å²) in [6, 6.07) is 6.67. The maximum Gasteiger partial charge on any atom is 0.119 e. The van der Waals surface area contributed by atoms with Crippen molar-refractivity contribution in [1.82, 2.24) is 5.32 Å². The van der Waals surface area contributed by atoms with Crippen LogP contribution in [-0.4, -0.2) is 20.2 Å². The quantitative estimate of drug-likeness (QED) is 0.844. The van der Waals surface area contributed by atoms with Crippen molar-refractivity contribution in [3.05, 3.63) is 29.3 Å². The molecular weight excluding hydrogens is 198 g/mol. The first kappa shape index (κ1) is 11.5. The van der Waals surface area contributed by atoms with Crippen molar-refractivity contribution < 1.29 is 4.74 Å². The standard InChI is InChI=1S/C14H21NO/c1-10(2)12-6-13(8-14(7-12)16-3)11-4-5-15-9-11/h6-8,10-11,15H,4-5,9H2,1-3H3. The third-order valence-corrected chi connectivity index (χ3v) is 3.39. The van der Waals surface area contributed by atoms with E-state index in [0.717, 1.165) is 18.8 Å². The van der Waals surface area contributed by atoms with Crippen LogP contribution in [0.5, 0.6) is 5.75 Å². The summed E-state index contributed by atoms with van der Waals surface area (Å²) < 4.78 is 5.38. The van der Waals surface area contributed by atoms with Gasteiger partial charge in [0.25, 0.3) is 0 Å². The van der Waals surface area contributed by atoms with Gasteiger partial charge in [-0.3, -0.25) is 0 Å². The Morgan fingerprint density at radius 3 is 2.69 bits per heavy atom. The number of hydrogen-bond acceptors (Lipinski definition) is 2. The Kier molecular flexibility index (Phi) is 3.49. The number of benzene rings is 1. The second-order valence-electron chi connectivity index (χ2n) is 4.88. The topological polar surface area (TPSA) is 21.3 Å². The number of hydrogen-bond donors (Lipinski definition) is 1. The Labute approximate surface area is 98.0 Å². The van der Waals surface area contributed by atoms with Crippen molar-refractivity contribution in [2.75, 3.05) is 20.2 Å². The lowest BCUT2D eigenvalue weighted by Crippen LogP contribution is -2.08. The van der Waals surface area contributed by atoms with Gasteiger partial charge in [-0.15, -0.1) is 0 Å². The highest BCUT2D eigenvalue weighted by Gasteiger charge is 2.18. The van der Waals surface area contributed by atoms with E-state index in [0.29, 0.717) is 11.8 Å². The molecule has 1 aromatic carbocycles. The molecule has 0 saturated carbocycles. The molecule has 0 radical (unpaired) electrons. The Morgan fingerprint density at radius 2 is 2.12 bits per heavy atom. The fourth-order valence-electron chi connectivity index (χ4n) is 2.27. The van der Waals surface area contributed by atoms with Crippen LogP contribution < -0.4 is 10.1 Å². The van der Waals surface area contributed by atoms with E-state index in [1.807, 2.05) is 0 Å². The van der Waals surface area contributed by atoms with Crippen molar-refractivity contribution in [2.45, 2.75) is 32.1 Å². The highest BCUT2D eigenvalue weighted by Crippen LogP contribution is 2.29. The first-order chi connectivity index (χ1) is 7.70. The molecule has 0 amide bonds. The van der Waals surface area contributed by atoms with Crippen LogP contribution in [0.3, 0.4) is 0 Å². The van der Waals surface area contributed by atoms with Gasteiger partial charge < -0.3 is 10.1 Å². The highest BCUT2D eigenvalue weighted by atomic mass is 16.5. The maximum atomic E-state index is 5.38. The lowest BCUT2D eigenvalue weighted by Gasteiger charge is -2.15. The molecule has 0 bridgehead atoms. The van der Waals surface area contributed by atoms with Crippen LogP contribution in [0.4, 0.5) is 0 Å². The van der Waals surface area contributed by atoms with Crippen LogP contribution in [0, 0.1) is 0 Å². The maximum absolute atomic E-state index is 5.38. The molecule has 1 unspecified atom stereocenters. The van der Waals surface area contributed by atoms with E-state index < -0.39 is 0 Å². The first-order valence-corrected chi connectivity index (χ1v) is 6.10. The summed E-state index contributed by atoms with van der Waals surface area (Å²) >= 11 is 0. The van der Waals surface area contributed by atoms with Crippen molar-refractivity contribution in [2.24, 2.45) is 0 Å². The van der Waals surface area contributed by atoms with Gasteiger partial charge in [0.1, 0.15) is 5.75 Å². The molecule has 0 aromatic heterocycles. The van der Waals surface area contributed by atoms with Crippen LogP contribution in [0.25, 0.3) is 0 Å². The fourth-order valence-corrected chi connectivity index (χ4v) is 2.27. The van der Waals surface area contributed by atoms with Gasteiger partial charge >= 0.3 is 0 Å². The summed E-state index contributed by atoms with van der Waals surface area (Å²) in [6.07, 6.45) is 1.24. The molecule has 1 fully saturated rings. The third kappa shape index (κ3) is 2.38. The molecule has 0 aliphatic carbocycles. The molecular formula is C14H21NO. The Balaban J connectivity index is 2.32. The average molecular weight is 219 g/mol. The monoisotopic (exact) mass is 219 g/mol. The van der Waals surface area contributed by atoms with Gasteiger partial charge in [0.15, 0.2) is 0 Å². The van der Waals surface area contributed by atoms with Crippen LogP contribution >= 0.6 is 0 Å². The largest absolute Gasteiger partial charge is 0.497 e. The van der Waals surface area contributed by atoms with Gasteiger partial charge in [0.05, 0.1) is 7.11 Å². The zero-order valence-electron chi connectivity index (χ0n) is 10.4. The van der Waals surface area contributed by atoms with Crippen LogP contribution in [0.2, 0.25) is 0 Å². The van der Waals surface area contributed by atoms with E-state index in [1.165, 1.54) is 17.5 Å². The molecule has 1 saturated heterocycles. The number of methoxy groups -OCH3 is 1. The van der Waals surface area contributed by atoms with Crippen molar-refractivity contribution in [1.29, 1.82) is 0 Å². The minimum atomic E-state index is 0.559. The molecule has 1 N–H and O–H groups in total. The molecule has 2 heteroatoms. The summed E-state index contributed by atoms with van der Waals surface area (Å²) in [4.78, 5) is 0. The van der Waals surface area contributed by atoms with Gasteiger partial charge in [-0.05, 0) is 48.1 Å². The lowest BCUT2D eigenvalue weighted by atomic mass is 9.93. The minimum Gasteiger partial charge on any atom is -0.497 e. The molecule has 2 nitrogen and oxygen atoms in total. The third-order valence-electron chi connectivity index (χ3n) is 3.39. The summed E-state index contributed by atoms with van der Waals surface area (Å²) in [6.45, 7) is 6.69. The molecule has 1 aliphatic rings. The molecule has 1 aromatic rings. The highest BCUT2D eigenvalue weighted by molar-refractivity contribution is 5.38. The molecule has 1 heterocycles. The summed E-state index contributed by atoms with van der Waals surface area (Å²) in [7, 11) is 1.75. The number of ether oxygens (including phenoxy) is 1. The van der Waals surface area contributed by atoms with Crippen molar-refractivity contribution >= 4 is 0 Å². The van der Waals surface area contributed by atoms with Gasteiger partial charge in [-0.25, -0.2) is 0 Å². The Hall–Kier alpha value is -1.02. The Bertz CT molecular complexity index is 354. The summed E-state index contributed by atoms with van der Waals surface area (Å²) in [5.41, 5.74) is 2.80. The summed E-state index contributed by atoms with van der Waals surface area (Å²) in [5, 5.41) is 3.42. The molecule has 16 heavy (non-hydrogen) atoms.